The maximum absolute atomic E-state index is 13.8. The molecule has 0 spiro atoms. The maximum atomic E-state index is 13.8. The Kier molecular flexibility index (Phi) is 6.15. The van der Waals surface area contributed by atoms with Crippen LogP contribution in [0, 0.1) is 17.8 Å². The number of benzene rings is 1. The molecule has 4 aromatic rings. The number of carbonyl (C=O) groups is 1. The molecule has 2 aliphatic heterocycles. The first-order valence-electron chi connectivity index (χ1n) is 15.2. The molecule has 11 nitrogen and oxygen atoms in total. The Bertz CT molecular complexity index is 1870. The highest BCUT2D eigenvalue weighted by molar-refractivity contribution is 7.88. The normalized spacial score (nSPS) is 24.3. The first kappa shape index (κ1) is 27.1. The van der Waals surface area contributed by atoms with Crippen LogP contribution in [0.5, 0.6) is 5.75 Å². The van der Waals surface area contributed by atoms with Crippen molar-refractivity contribution in [2.75, 3.05) is 33.0 Å². The van der Waals surface area contributed by atoms with Gasteiger partial charge in [-0.25, -0.2) is 22.7 Å². The first-order valence-corrected chi connectivity index (χ1v) is 17.1. The van der Waals surface area contributed by atoms with E-state index in [4.69, 9.17) is 20.4 Å². The number of aromatic nitrogens is 4. The molecule has 2 saturated carbocycles. The van der Waals surface area contributed by atoms with Crippen LogP contribution >= 0.6 is 0 Å². The Morgan fingerprint density at radius 2 is 1.84 bits per heavy atom. The molecule has 5 heterocycles. The summed E-state index contributed by atoms with van der Waals surface area (Å²) in [4.78, 5) is 25.7. The summed E-state index contributed by atoms with van der Waals surface area (Å²) < 4.78 is 36.1. The smallest absolute Gasteiger partial charge is 0.254 e. The minimum absolute atomic E-state index is 0.0335. The van der Waals surface area contributed by atoms with E-state index in [0.717, 1.165) is 47.5 Å². The van der Waals surface area contributed by atoms with Gasteiger partial charge in [-0.1, -0.05) is 0 Å². The van der Waals surface area contributed by atoms with E-state index in [-0.39, 0.29) is 23.9 Å². The van der Waals surface area contributed by atoms with Crippen LogP contribution in [0.4, 0.5) is 0 Å². The SMILES string of the molecule is COc1cc(C(=O)N2C[C@H]3CC[C@@H]2[C@@H]3N)cc2nc(-c3cc4cccnc4n3CC3CC3)n(CC3CN(S(C)(=O)=O)C3)c12. The molecule has 0 unspecified atom stereocenters. The molecule has 4 aliphatic rings. The minimum atomic E-state index is -3.24. The Morgan fingerprint density at radius 3 is 2.51 bits per heavy atom. The minimum Gasteiger partial charge on any atom is -0.494 e. The summed E-state index contributed by atoms with van der Waals surface area (Å²) in [6.45, 7) is 3.05. The molecule has 0 radical (unpaired) electrons. The molecule has 2 saturated heterocycles. The first-order chi connectivity index (χ1) is 20.7. The number of nitrogens with zero attached hydrogens (tertiary/aromatic N) is 6. The van der Waals surface area contributed by atoms with E-state index in [0.29, 0.717) is 54.8 Å². The molecular formula is C31H37N7O4S. The number of amides is 1. The summed E-state index contributed by atoms with van der Waals surface area (Å²) in [6.07, 6.45) is 7.50. The van der Waals surface area contributed by atoms with E-state index in [1.54, 1.807) is 7.11 Å². The number of rotatable bonds is 8. The maximum Gasteiger partial charge on any atom is 0.254 e. The summed E-state index contributed by atoms with van der Waals surface area (Å²) in [5.74, 6) is 2.42. The standard InChI is InChI=1S/C31H37N7O4S/c1-42-26-12-22(31(39)37-17-21-7-8-24(37)27(21)32)10-23-28(26)38(16-19-13-35(14-19)43(2,40)41)30(34-23)25-11-20-4-3-9-33-29(20)36(25)15-18-5-6-18/h3-4,9-12,18-19,21,24,27H,5-8,13-17,32H2,1-2H3/t21-,24-,27-/m1/s1. The lowest BCUT2D eigenvalue weighted by molar-refractivity contribution is 0.0700. The molecule has 3 aromatic heterocycles. The number of sulfonamides is 1. The van der Waals surface area contributed by atoms with Crippen molar-refractivity contribution in [2.24, 2.45) is 23.5 Å². The van der Waals surface area contributed by atoms with Gasteiger partial charge in [0.25, 0.3) is 5.91 Å². The third-order valence-corrected chi connectivity index (χ3v) is 11.3. The van der Waals surface area contributed by atoms with E-state index in [1.807, 2.05) is 29.3 Å². The van der Waals surface area contributed by atoms with Crippen molar-refractivity contribution in [3.05, 3.63) is 42.1 Å². The highest BCUT2D eigenvalue weighted by atomic mass is 32.2. The third-order valence-electron chi connectivity index (χ3n) is 10.0. The summed E-state index contributed by atoms with van der Waals surface area (Å²) in [7, 11) is -1.62. The molecule has 2 aliphatic carbocycles. The van der Waals surface area contributed by atoms with E-state index >= 15 is 0 Å². The lowest BCUT2D eigenvalue weighted by Crippen LogP contribution is -2.50. The van der Waals surface area contributed by atoms with Crippen LogP contribution in [-0.2, 0) is 23.1 Å². The molecule has 1 amide bonds. The van der Waals surface area contributed by atoms with Crippen molar-refractivity contribution in [2.45, 2.75) is 50.9 Å². The second-order valence-electron chi connectivity index (χ2n) is 13.0. The topological polar surface area (TPSA) is 129 Å². The zero-order chi connectivity index (χ0) is 29.6. The second-order valence-corrected chi connectivity index (χ2v) is 15.0. The van der Waals surface area contributed by atoms with Crippen molar-refractivity contribution in [1.29, 1.82) is 0 Å². The van der Waals surface area contributed by atoms with Gasteiger partial charge in [0, 0.05) is 67.9 Å². The molecule has 3 atom stereocenters. The number of hydrogen-bond donors (Lipinski definition) is 1. The van der Waals surface area contributed by atoms with Gasteiger partial charge in [0.1, 0.15) is 16.9 Å². The highest BCUT2D eigenvalue weighted by Gasteiger charge is 2.47. The van der Waals surface area contributed by atoms with Crippen LogP contribution in [0.25, 0.3) is 33.6 Å². The lowest BCUT2D eigenvalue weighted by atomic mass is 10.0. The van der Waals surface area contributed by atoms with Gasteiger partial charge in [0.2, 0.25) is 10.0 Å². The molecule has 2 N–H and O–H groups in total. The number of piperidine rings is 1. The zero-order valence-corrected chi connectivity index (χ0v) is 25.3. The van der Waals surface area contributed by atoms with E-state index in [9.17, 15) is 13.2 Å². The van der Waals surface area contributed by atoms with E-state index in [2.05, 4.69) is 21.3 Å². The predicted molar refractivity (Wildman–Crippen MR) is 163 cm³/mol. The van der Waals surface area contributed by atoms with E-state index in [1.165, 1.54) is 23.4 Å². The molecule has 1 aromatic carbocycles. The zero-order valence-electron chi connectivity index (χ0n) is 24.5. The van der Waals surface area contributed by atoms with Crippen molar-refractivity contribution < 1.29 is 17.9 Å². The quantitative estimate of drug-likeness (QED) is 0.328. The number of hydrogen-bond acceptors (Lipinski definition) is 7. The van der Waals surface area contributed by atoms with Crippen molar-refractivity contribution in [3.63, 3.8) is 0 Å². The van der Waals surface area contributed by atoms with Gasteiger partial charge < -0.3 is 24.5 Å². The van der Waals surface area contributed by atoms with Crippen molar-refractivity contribution in [1.82, 2.24) is 28.3 Å². The highest BCUT2D eigenvalue weighted by Crippen LogP contribution is 2.41. The van der Waals surface area contributed by atoms with Crippen molar-refractivity contribution >= 4 is 38.0 Å². The summed E-state index contributed by atoms with van der Waals surface area (Å²) in [5, 5.41) is 1.05. The Morgan fingerprint density at radius 1 is 1.05 bits per heavy atom. The van der Waals surface area contributed by atoms with Gasteiger partial charge in [-0.2, -0.15) is 0 Å². The van der Waals surface area contributed by atoms with Gasteiger partial charge in [-0.3, -0.25) is 4.79 Å². The molecule has 12 heteroatoms. The number of imidazole rings is 1. The third kappa shape index (κ3) is 4.44. The monoisotopic (exact) mass is 603 g/mol. The fraction of sp³-hybridized carbons (Fsp3) is 0.516. The number of likely N-dealkylation sites (tertiary alicyclic amines) is 1. The number of nitrogens with two attached hydrogens (primary N) is 1. The van der Waals surface area contributed by atoms with E-state index < -0.39 is 10.0 Å². The fourth-order valence-corrected chi connectivity index (χ4v) is 8.48. The largest absolute Gasteiger partial charge is 0.494 e. The summed E-state index contributed by atoms with van der Waals surface area (Å²) in [5.41, 5.74) is 10.4. The van der Waals surface area contributed by atoms with Gasteiger partial charge >= 0.3 is 0 Å². The van der Waals surface area contributed by atoms with Crippen LogP contribution in [0.2, 0.25) is 0 Å². The molecule has 8 rings (SSSR count). The van der Waals surface area contributed by atoms with Gasteiger partial charge in [0.05, 0.1) is 24.6 Å². The van der Waals surface area contributed by atoms with Gasteiger partial charge in [0.15, 0.2) is 5.82 Å². The average Bonchev–Trinajstić information content (AvgIpc) is 3.32. The molecule has 226 valence electrons. The van der Waals surface area contributed by atoms with Crippen LogP contribution in [-0.4, -0.2) is 87.7 Å². The second kappa shape index (κ2) is 9.76. The molecule has 4 fully saturated rings. The number of pyridine rings is 1. The fourth-order valence-electron chi connectivity index (χ4n) is 7.51. The number of methoxy groups -OCH3 is 1. The Labute approximate surface area is 250 Å². The van der Waals surface area contributed by atoms with Crippen molar-refractivity contribution in [3.8, 4) is 17.3 Å². The summed E-state index contributed by atoms with van der Waals surface area (Å²) >= 11 is 0. The number of ether oxygens (including phenoxy) is 1. The van der Waals surface area contributed by atoms with Gasteiger partial charge in [-0.15, -0.1) is 0 Å². The Hall–Kier alpha value is -3.48. The van der Waals surface area contributed by atoms with Crippen LogP contribution in [0.15, 0.2) is 36.5 Å². The van der Waals surface area contributed by atoms with Crippen LogP contribution < -0.4 is 10.5 Å². The van der Waals surface area contributed by atoms with Crippen LogP contribution in [0.3, 0.4) is 0 Å². The van der Waals surface area contributed by atoms with Gasteiger partial charge in [-0.05, 0) is 67.9 Å². The average molecular weight is 604 g/mol. The number of fused-ring (bicyclic) bond motifs is 4. The Balaban J connectivity index is 1.26. The lowest BCUT2D eigenvalue weighted by Gasteiger charge is -2.37. The molecule has 2 bridgehead atoms. The number of carbonyl (C=O) groups excluding carboxylic acids is 1. The van der Waals surface area contributed by atoms with Crippen LogP contribution in [0.1, 0.15) is 36.0 Å². The predicted octanol–water partition coefficient (Wildman–Crippen LogP) is 2.92. The molecule has 43 heavy (non-hydrogen) atoms. The summed E-state index contributed by atoms with van der Waals surface area (Å²) in [6, 6.07) is 9.99. The molecular weight excluding hydrogens is 566 g/mol.